The van der Waals surface area contributed by atoms with Gasteiger partial charge in [0.05, 0.1) is 5.25 Å². The summed E-state index contributed by atoms with van der Waals surface area (Å²) >= 11 is 4.42. The topological polar surface area (TPSA) is 54.9 Å². The van der Waals surface area contributed by atoms with Gasteiger partial charge in [0, 0.05) is 4.90 Å². The average Bonchev–Trinajstić information content (AvgIpc) is 2.87. The zero-order chi connectivity index (χ0) is 13.7. The fourth-order valence-electron chi connectivity index (χ4n) is 1.31. The molecule has 0 fully saturated rings. The molecule has 1 aromatic heterocycles. The maximum atomic E-state index is 12.0. The Morgan fingerprint density at radius 2 is 2.05 bits per heavy atom. The van der Waals surface area contributed by atoms with E-state index < -0.39 is 0 Å². The van der Waals surface area contributed by atoms with E-state index in [0.29, 0.717) is 5.13 Å². The molecule has 2 rings (SSSR count). The second kappa shape index (κ2) is 6.93. The van der Waals surface area contributed by atoms with Crippen molar-refractivity contribution in [3.05, 3.63) is 30.3 Å². The highest BCUT2D eigenvalue weighted by molar-refractivity contribution is 8.00. The van der Waals surface area contributed by atoms with Crippen molar-refractivity contribution in [3.63, 3.8) is 0 Å². The van der Waals surface area contributed by atoms with E-state index in [1.165, 1.54) is 34.9 Å². The monoisotopic (exact) mass is 311 g/mol. The summed E-state index contributed by atoms with van der Waals surface area (Å²) in [5.41, 5.74) is 0. The summed E-state index contributed by atoms with van der Waals surface area (Å²) in [6.07, 6.45) is 1.93. The number of anilines is 1. The SMILES string of the molecule is CSc1nnc(NC(=O)[C@@H](C)Sc2ccccc2)s1. The lowest BCUT2D eigenvalue weighted by atomic mass is 10.4. The number of amides is 1. The molecule has 2 aromatic rings. The normalized spacial score (nSPS) is 12.1. The molecule has 0 saturated carbocycles. The van der Waals surface area contributed by atoms with Crippen molar-refractivity contribution in [3.8, 4) is 0 Å². The van der Waals surface area contributed by atoms with Crippen molar-refractivity contribution in [2.45, 2.75) is 21.4 Å². The minimum Gasteiger partial charge on any atom is -0.300 e. The van der Waals surface area contributed by atoms with Gasteiger partial charge in [-0.1, -0.05) is 41.3 Å². The quantitative estimate of drug-likeness (QED) is 0.677. The molecular weight excluding hydrogens is 298 g/mol. The van der Waals surface area contributed by atoms with E-state index in [-0.39, 0.29) is 11.2 Å². The zero-order valence-electron chi connectivity index (χ0n) is 10.5. The minimum absolute atomic E-state index is 0.0577. The van der Waals surface area contributed by atoms with Crippen LogP contribution in [0.1, 0.15) is 6.92 Å². The van der Waals surface area contributed by atoms with Crippen LogP contribution in [-0.2, 0) is 4.79 Å². The van der Waals surface area contributed by atoms with Crippen LogP contribution >= 0.6 is 34.9 Å². The Bertz CT molecular complexity index is 544. The number of nitrogens with zero attached hydrogens (tertiary/aromatic N) is 2. The maximum Gasteiger partial charge on any atom is 0.239 e. The summed E-state index contributed by atoms with van der Waals surface area (Å²) < 4.78 is 0.846. The number of hydrogen-bond acceptors (Lipinski definition) is 6. The van der Waals surface area contributed by atoms with Crippen LogP contribution in [0.4, 0.5) is 5.13 Å². The van der Waals surface area contributed by atoms with Gasteiger partial charge in [-0.2, -0.15) is 0 Å². The number of aromatic nitrogens is 2. The Morgan fingerprint density at radius 3 is 2.68 bits per heavy atom. The zero-order valence-corrected chi connectivity index (χ0v) is 12.9. The summed E-state index contributed by atoms with van der Waals surface area (Å²) in [5.74, 6) is -0.0577. The van der Waals surface area contributed by atoms with Gasteiger partial charge in [0.1, 0.15) is 0 Å². The van der Waals surface area contributed by atoms with Gasteiger partial charge < -0.3 is 0 Å². The molecule has 4 nitrogen and oxygen atoms in total. The highest BCUT2D eigenvalue weighted by Crippen LogP contribution is 2.26. The summed E-state index contributed by atoms with van der Waals surface area (Å²) in [7, 11) is 0. The van der Waals surface area contributed by atoms with Gasteiger partial charge in [-0.05, 0) is 25.3 Å². The number of thioether (sulfide) groups is 2. The molecule has 0 aliphatic heterocycles. The second-order valence-corrected chi connectivity index (χ2v) is 7.08. The Balaban J connectivity index is 1.92. The molecule has 7 heteroatoms. The predicted molar refractivity (Wildman–Crippen MR) is 82.1 cm³/mol. The fourth-order valence-corrected chi connectivity index (χ4v) is 3.37. The van der Waals surface area contributed by atoms with Crippen LogP contribution in [0.25, 0.3) is 0 Å². The molecular formula is C12H13N3OS3. The van der Waals surface area contributed by atoms with Crippen molar-refractivity contribution in [1.29, 1.82) is 0 Å². The van der Waals surface area contributed by atoms with Gasteiger partial charge in [0.15, 0.2) is 4.34 Å². The first kappa shape index (κ1) is 14.4. The van der Waals surface area contributed by atoms with Crippen molar-refractivity contribution < 1.29 is 4.79 Å². The van der Waals surface area contributed by atoms with Crippen LogP contribution in [0.5, 0.6) is 0 Å². The Kier molecular flexibility index (Phi) is 5.24. The number of hydrogen-bond donors (Lipinski definition) is 1. The van der Waals surface area contributed by atoms with Gasteiger partial charge in [0.25, 0.3) is 0 Å². The molecule has 0 radical (unpaired) electrons. The molecule has 1 atom stereocenters. The van der Waals surface area contributed by atoms with Crippen molar-refractivity contribution in [2.24, 2.45) is 0 Å². The van der Waals surface area contributed by atoms with E-state index in [1.54, 1.807) is 0 Å². The Hall–Kier alpha value is -1.05. The van der Waals surface area contributed by atoms with Crippen LogP contribution in [0.3, 0.4) is 0 Å². The molecule has 1 aromatic carbocycles. The van der Waals surface area contributed by atoms with E-state index in [4.69, 9.17) is 0 Å². The second-order valence-electron chi connectivity index (χ2n) is 3.64. The standard InChI is InChI=1S/C12H13N3OS3/c1-8(18-9-6-4-3-5-7-9)10(16)13-11-14-15-12(17-2)19-11/h3-8H,1-2H3,(H,13,14,16)/t8-/m1/s1. The lowest BCUT2D eigenvalue weighted by molar-refractivity contribution is -0.115. The number of rotatable bonds is 5. The molecule has 0 bridgehead atoms. The van der Waals surface area contributed by atoms with Crippen LogP contribution in [-0.4, -0.2) is 27.6 Å². The largest absolute Gasteiger partial charge is 0.300 e. The number of carbonyl (C=O) groups is 1. The van der Waals surface area contributed by atoms with Crippen LogP contribution < -0.4 is 5.32 Å². The maximum absolute atomic E-state index is 12.0. The van der Waals surface area contributed by atoms with Gasteiger partial charge in [-0.25, -0.2) is 0 Å². The van der Waals surface area contributed by atoms with E-state index in [2.05, 4.69) is 15.5 Å². The van der Waals surface area contributed by atoms with E-state index in [0.717, 1.165) is 9.24 Å². The number of carbonyl (C=O) groups excluding carboxylic acids is 1. The van der Waals surface area contributed by atoms with Crippen LogP contribution in [0.15, 0.2) is 39.6 Å². The number of nitrogens with one attached hydrogen (secondary N) is 1. The third kappa shape index (κ3) is 4.22. The van der Waals surface area contributed by atoms with Crippen molar-refractivity contribution in [1.82, 2.24) is 10.2 Å². The minimum atomic E-state index is -0.177. The molecule has 100 valence electrons. The predicted octanol–water partition coefficient (Wildman–Crippen LogP) is 3.38. The molecule has 0 spiro atoms. The highest BCUT2D eigenvalue weighted by Gasteiger charge is 2.16. The summed E-state index contributed by atoms with van der Waals surface area (Å²) in [5, 5.41) is 11.0. The van der Waals surface area contributed by atoms with Crippen LogP contribution in [0, 0.1) is 0 Å². The smallest absolute Gasteiger partial charge is 0.239 e. The third-order valence-electron chi connectivity index (χ3n) is 2.24. The Morgan fingerprint density at radius 1 is 1.32 bits per heavy atom. The first-order valence-electron chi connectivity index (χ1n) is 5.59. The molecule has 1 heterocycles. The van der Waals surface area contributed by atoms with Crippen molar-refractivity contribution in [2.75, 3.05) is 11.6 Å². The highest BCUT2D eigenvalue weighted by atomic mass is 32.2. The molecule has 1 amide bonds. The average molecular weight is 311 g/mol. The Labute approximate surface area is 124 Å². The van der Waals surface area contributed by atoms with Gasteiger partial charge in [-0.3, -0.25) is 10.1 Å². The first-order chi connectivity index (χ1) is 9.19. The van der Waals surface area contributed by atoms with Gasteiger partial charge in [0.2, 0.25) is 11.0 Å². The summed E-state index contributed by atoms with van der Waals surface area (Å²) in [6.45, 7) is 1.88. The molecule has 0 unspecified atom stereocenters. The molecule has 0 saturated heterocycles. The van der Waals surface area contributed by atoms with Crippen LogP contribution in [0.2, 0.25) is 0 Å². The molecule has 19 heavy (non-hydrogen) atoms. The van der Waals surface area contributed by atoms with E-state index in [9.17, 15) is 4.79 Å². The van der Waals surface area contributed by atoms with Gasteiger partial charge >= 0.3 is 0 Å². The van der Waals surface area contributed by atoms with E-state index >= 15 is 0 Å². The van der Waals surface area contributed by atoms with Crippen molar-refractivity contribution >= 4 is 45.9 Å². The van der Waals surface area contributed by atoms with E-state index in [1.807, 2.05) is 43.5 Å². The molecule has 1 N–H and O–H groups in total. The molecule has 0 aliphatic rings. The first-order valence-corrected chi connectivity index (χ1v) is 8.51. The van der Waals surface area contributed by atoms with Gasteiger partial charge in [-0.15, -0.1) is 22.0 Å². The third-order valence-corrected chi connectivity index (χ3v) is 5.16. The lowest BCUT2D eigenvalue weighted by Crippen LogP contribution is -2.22. The summed E-state index contributed by atoms with van der Waals surface area (Å²) in [6, 6.07) is 9.86. The number of benzene rings is 1. The molecule has 0 aliphatic carbocycles. The summed E-state index contributed by atoms with van der Waals surface area (Å²) in [4.78, 5) is 13.1. The fraction of sp³-hybridized carbons (Fsp3) is 0.250. The lowest BCUT2D eigenvalue weighted by Gasteiger charge is -2.09.